The van der Waals surface area contributed by atoms with Gasteiger partial charge < -0.3 is 86.3 Å². The minimum atomic E-state index is -2.53. The summed E-state index contributed by atoms with van der Waals surface area (Å²) in [6, 6.07) is -4.46. The van der Waals surface area contributed by atoms with Gasteiger partial charge in [0.25, 0.3) is 0 Å². The van der Waals surface area contributed by atoms with Crippen LogP contribution in [0.4, 0.5) is 0 Å². The fourth-order valence-corrected chi connectivity index (χ4v) is 13.4. The molecule has 23 heteroatoms. The number of allylic oxidation sites excluding steroid dienone is 7. The zero-order valence-corrected chi connectivity index (χ0v) is 64.5. The summed E-state index contributed by atoms with van der Waals surface area (Å²) in [6.07, 6.45) is 8.19. The van der Waals surface area contributed by atoms with E-state index in [-0.39, 0.29) is 67.5 Å². The Bertz CT molecular complexity index is 2890. The van der Waals surface area contributed by atoms with E-state index in [1.165, 1.54) is 45.1 Å². The highest BCUT2D eigenvalue weighted by Gasteiger charge is 2.43. The Labute approximate surface area is 607 Å². The molecule has 23 nitrogen and oxygen atoms in total. The van der Waals surface area contributed by atoms with Gasteiger partial charge in [-0.1, -0.05) is 157 Å². The van der Waals surface area contributed by atoms with Crippen molar-refractivity contribution in [3.8, 4) is 0 Å². The molecule has 2 aliphatic heterocycles. The van der Waals surface area contributed by atoms with Gasteiger partial charge in [-0.25, -0.2) is 9.59 Å². The number of amides is 3. The van der Waals surface area contributed by atoms with E-state index in [1.54, 1.807) is 108 Å². The number of fused-ring (bicyclic) bond motifs is 2. The molecule has 24 unspecified atom stereocenters. The summed E-state index contributed by atoms with van der Waals surface area (Å²) < 4.78 is 18.2. The zero-order chi connectivity index (χ0) is 78.0. The number of hydrogen-bond acceptors (Lipinski definition) is 19. The van der Waals surface area contributed by atoms with Crippen molar-refractivity contribution in [3.63, 3.8) is 0 Å². The summed E-state index contributed by atoms with van der Waals surface area (Å²) in [4.78, 5) is 80.6. The first-order valence-electron chi connectivity index (χ1n) is 36.6. The second-order valence-electron chi connectivity index (χ2n) is 31.3. The Balaban J connectivity index is 2.47. The van der Waals surface area contributed by atoms with E-state index < -0.39 is 161 Å². The van der Waals surface area contributed by atoms with Gasteiger partial charge in [-0.15, -0.1) is 0 Å². The molecule has 102 heavy (non-hydrogen) atoms. The summed E-state index contributed by atoms with van der Waals surface area (Å²) in [7, 11) is 1.61. The third kappa shape index (κ3) is 29.8. The van der Waals surface area contributed by atoms with Gasteiger partial charge in [-0.05, 0) is 139 Å². The first kappa shape index (κ1) is 92.5. The Kier molecular flexibility index (Phi) is 39.7. The summed E-state index contributed by atoms with van der Waals surface area (Å²) in [5.41, 5.74) is -0.795. The summed E-state index contributed by atoms with van der Waals surface area (Å²) >= 11 is 0. The van der Waals surface area contributed by atoms with E-state index in [0.717, 1.165) is 12.5 Å². The maximum absolute atomic E-state index is 14.2. The largest absolute Gasteiger partial charge is 0.479 e. The molecule has 2 rings (SSSR count). The number of ketones is 1. The predicted octanol–water partition coefficient (Wildman–Crippen LogP) is 7.38. The number of methoxy groups -OCH3 is 1. The summed E-state index contributed by atoms with van der Waals surface area (Å²) in [5, 5.41) is 132. The summed E-state index contributed by atoms with van der Waals surface area (Å²) in [5.74, 6) is -10.6. The highest BCUT2D eigenvalue weighted by molar-refractivity contribution is 5.94. The molecule has 0 aromatic rings. The number of ether oxygens (including phenoxy) is 3. The third-order valence-corrected chi connectivity index (χ3v) is 20.4. The lowest BCUT2D eigenvalue weighted by Crippen LogP contribution is -2.57. The maximum Gasteiger partial charge on any atom is 0.335 e. The average molecular weight is 1440 g/mol. The van der Waals surface area contributed by atoms with Crippen LogP contribution in [-0.2, 0) is 43.0 Å². The van der Waals surface area contributed by atoms with Gasteiger partial charge in [0.2, 0.25) is 17.7 Å². The lowest BCUT2D eigenvalue weighted by molar-refractivity contribution is -0.167. The van der Waals surface area contributed by atoms with Gasteiger partial charge in [-0.3, -0.25) is 19.2 Å². The number of Topliss-reactive ketones (excluding diaryl/α,β-unsaturated/α-hetero) is 1. The second kappa shape index (κ2) is 43.8. The lowest BCUT2D eigenvalue weighted by atomic mass is 9.77. The predicted molar refractivity (Wildman–Crippen MR) is 393 cm³/mol. The monoisotopic (exact) mass is 1440 g/mol. The van der Waals surface area contributed by atoms with E-state index in [9.17, 15) is 84.9 Å². The van der Waals surface area contributed by atoms with Crippen LogP contribution in [0.1, 0.15) is 189 Å². The number of carboxylic acid groups (broad SMARTS) is 1. The van der Waals surface area contributed by atoms with Crippen LogP contribution in [0.5, 0.6) is 0 Å². The van der Waals surface area contributed by atoms with Crippen LogP contribution < -0.4 is 16.0 Å². The molecule has 2 bridgehead atoms. The van der Waals surface area contributed by atoms with Gasteiger partial charge in [0.1, 0.15) is 18.0 Å². The molecular formula is C79H131N3O20. The summed E-state index contributed by atoms with van der Waals surface area (Å²) in [6.45, 7) is 32.5. The number of carbonyl (C=O) groups is 6. The molecular weight excluding hydrogens is 1310 g/mol. The number of nitrogens with one attached hydrogen (secondary N) is 3. The molecule has 2 heterocycles. The van der Waals surface area contributed by atoms with Crippen LogP contribution >= 0.6 is 0 Å². The number of aliphatic carboxylic acids is 1. The zero-order valence-electron chi connectivity index (χ0n) is 64.5. The SMILES string of the molecule is COC1/C=C/C=C/CC/C=C/C=C/C(=O)NC(C(O)C(=O)O)C(=O)OC(C(C)C(O)C(NC(=O)C(C)C(O)CCC(C)C(O)/C(C)=C/C(C)(C)C(O)C(CC(C)C)NC(=O)/C=C/C(C)(C)C(=O)C(C)C(O)C(C)C)C(C)O)C/C=C(\C)C(O)C(C)/C=C(\C)C(O)C(C)C(O)CC2CC(C)CC1O2. The number of aliphatic hydroxyl groups excluding tert-OH is 10. The molecule has 2 aliphatic rings. The van der Waals surface area contributed by atoms with Crippen LogP contribution in [0.25, 0.3) is 0 Å². The van der Waals surface area contributed by atoms with Crippen molar-refractivity contribution in [2.75, 3.05) is 7.11 Å². The van der Waals surface area contributed by atoms with Crippen molar-refractivity contribution in [2.24, 2.45) is 64.1 Å². The quantitative estimate of drug-likeness (QED) is 0.0217. The normalized spacial score (nSPS) is 30.4. The van der Waals surface area contributed by atoms with Crippen LogP contribution in [0.15, 0.2) is 95.7 Å². The Morgan fingerprint density at radius 1 is 0.775 bits per heavy atom. The van der Waals surface area contributed by atoms with E-state index in [4.69, 9.17) is 14.2 Å². The number of hydrogen-bond donors (Lipinski definition) is 14. The number of rotatable bonds is 27. The Morgan fingerprint density at radius 3 is 1.95 bits per heavy atom. The van der Waals surface area contributed by atoms with Crippen LogP contribution in [0.2, 0.25) is 0 Å². The standard InChI is InChI=1S/C79H131N3O20/c1-43(2)37-57(80-64(87)35-36-78(16,17)73(94)54(14)67(88)44(3)4)74(95)79(18,19)42-50(10)69(90)46(6)31-33-58(84)52(12)75(96)82-65(55(15)83)71(92)53(13)60-34-32-47(7)68(89)48(8)40-49(9)70(91)51(11)59(85)41-56-38-45(5)39-62(101-56)61(100-20)29-27-25-23-21-22-24-26-28-30-63(86)81-66(77(99)102-60)72(93)76(97)98/h23-30,32,35-36,40,42-46,48,51-62,65-72,74,83-85,88-93,95H,21-22,31,33-34,37-39,41H2,1-20H3,(H,80,87)(H,81,86)(H,82,96)(H,97,98)/b25-23+,26-24+,29-27+,30-28+,36-35+,47-32+,49-40+,50-42+. The van der Waals surface area contributed by atoms with Crippen molar-refractivity contribution in [1.82, 2.24) is 16.0 Å². The van der Waals surface area contributed by atoms with Gasteiger partial charge in [0.15, 0.2) is 12.1 Å². The second-order valence-corrected chi connectivity index (χ2v) is 31.3. The van der Waals surface area contributed by atoms with Crippen LogP contribution in [0, 0.1) is 64.1 Å². The number of carboxylic acids is 1. The van der Waals surface area contributed by atoms with E-state index in [2.05, 4.69) is 22.9 Å². The number of carbonyl (C=O) groups excluding carboxylic acids is 5. The number of esters is 1. The minimum absolute atomic E-state index is 0.00108. The molecule has 0 aromatic carbocycles. The molecule has 14 N–H and O–H groups in total. The van der Waals surface area contributed by atoms with Crippen molar-refractivity contribution in [1.29, 1.82) is 0 Å². The van der Waals surface area contributed by atoms with Gasteiger partial charge >= 0.3 is 11.9 Å². The molecule has 0 aromatic heterocycles. The molecule has 0 aliphatic carbocycles. The van der Waals surface area contributed by atoms with E-state index >= 15 is 0 Å². The minimum Gasteiger partial charge on any atom is -0.479 e. The van der Waals surface area contributed by atoms with Gasteiger partial charge in [0, 0.05) is 54.1 Å². The smallest absolute Gasteiger partial charge is 0.335 e. The third-order valence-electron chi connectivity index (χ3n) is 20.4. The fraction of sp³-hybridized carbons (Fsp3) is 0.722. The highest BCUT2D eigenvalue weighted by atomic mass is 16.6. The molecule has 0 radical (unpaired) electrons. The van der Waals surface area contributed by atoms with Gasteiger partial charge in [0.05, 0.1) is 85.1 Å². The fourth-order valence-electron chi connectivity index (χ4n) is 13.4. The highest BCUT2D eigenvalue weighted by Crippen LogP contribution is 2.35. The van der Waals surface area contributed by atoms with Crippen molar-refractivity contribution in [2.45, 2.75) is 293 Å². The lowest BCUT2D eigenvalue weighted by Gasteiger charge is -2.38. The Morgan fingerprint density at radius 2 is 1.38 bits per heavy atom. The van der Waals surface area contributed by atoms with Crippen LogP contribution in [0.3, 0.4) is 0 Å². The Hall–Kier alpha value is -5.54. The van der Waals surface area contributed by atoms with E-state index in [0.29, 0.717) is 42.4 Å². The van der Waals surface area contributed by atoms with Crippen LogP contribution in [-0.4, -0.2) is 202 Å². The first-order chi connectivity index (χ1) is 47.3. The topological polar surface area (TPSA) is 389 Å². The first-order valence-corrected chi connectivity index (χ1v) is 36.6. The van der Waals surface area contributed by atoms with Crippen molar-refractivity contribution < 1.29 is 99.1 Å². The molecule has 24 atom stereocenters. The molecule has 1 saturated heterocycles. The van der Waals surface area contributed by atoms with Crippen molar-refractivity contribution >= 4 is 35.4 Å². The van der Waals surface area contributed by atoms with E-state index in [1.807, 2.05) is 52.0 Å². The number of cyclic esters (lactones) is 1. The average Bonchev–Trinajstić information content (AvgIpc) is 0.843. The molecule has 0 spiro atoms. The molecule has 0 saturated carbocycles. The maximum atomic E-state index is 14.2. The number of aliphatic hydroxyl groups is 10. The molecule has 582 valence electrons. The van der Waals surface area contributed by atoms with Crippen molar-refractivity contribution in [3.05, 3.63) is 95.7 Å². The molecule has 3 amide bonds. The molecule has 1 fully saturated rings. The van der Waals surface area contributed by atoms with Gasteiger partial charge in [-0.2, -0.15) is 0 Å².